The van der Waals surface area contributed by atoms with E-state index in [1.165, 1.54) is 7.11 Å². The van der Waals surface area contributed by atoms with E-state index in [0.29, 0.717) is 17.6 Å². The molecule has 0 N–H and O–H groups in total. The van der Waals surface area contributed by atoms with E-state index in [9.17, 15) is 4.79 Å². The first-order valence-electron chi connectivity index (χ1n) is 7.65. The summed E-state index contributed by atoms with van der Waals surface area (Å²) in [6.07, 6.45) is -0.695. The lowest BCUT2D eigenvalue weighted by atomic mass is 10.1. The molecular formula is C19H18BrNO3. The Morgan fingerprint density at radius 1 is 1.00 bits per heavy atom. The van der Waals surface area contributed by atoms with Crippen LogP contribution in [0.5, 0.6) is 0 Å². The SMILES string of the molecule is COC1OC(=O)C(Br)=C1N(Cc1ccccc1)Cc1ccccc1. The third-order valence-electron chi connectivity index (χ3n) is 3.83. The van der Waals surface area contributed by atoms with Gasteiger partial charge in [0, 0.05) is 20.2 Å². The number of methoxy groups -OCH3 is 1. The van der Waals surface area contributed by atoms with Crippen molar-refractivity contribution in [3.63, 3.8) is 0 Å². The predicted molar refractivity (Wildman–Crippen MR) is 95.0 cm³/mol. The first kappa shape index (κ1) is 16.7. The zero-order valence-electron chi connectivity index (χ0n) is 13.3. The van der Waals surface area contributed by atoms with Gasteiger partial charge in [0.1, 0.15) is 10.2 Å². The monoisotopic (exact) mass is 387 g/mol. The highest BCUT2D eigenvalue weighted by atomic mass is 79.9. The van der Waals surface area contributed by atoms with Crippen LogP contribution in [0.3, 0.4) is 0 Å². The van der Waals surface area contributed by atoms with Crippen molar-refractivity contribution in [1.82, 2.24) is 4.90 Å². The van der Waals surface area contributed by atoms with Crippen molar-refractivity contribution in [1.29, 1.82) is 0 Å². The molecule has 0 fully saturated rings. The van der Waals surface area contributed by atoms with Crippen molar-refractivity contribution in [2.24, 2.45) is 0 Å². The van der Waals surface area contributed by atoms with Crippen LogP contribution in [-0.4, -0.2) is 24.3 Å². The second-order valence-corrected chi connectivity index (χ2v) is 6.29. The smallest absolute Gasteiger partial charge is 0.349 e. The number of nitrogens with zero attached hydrogens (tertiary/aromatic N) is 1. The molecule has 2 aromatic carbocycles. The van der Waals surface area contributed by atoms with Gasteiger partial charge in [-0.3, -0.25) is 0 Å². The molecule has 1 unspecified atom stereocenters. The Kier molecular flexibility index (Phi) is 5.33. The van der Waals surface area contributed by atoms with E-state index in [4.69, 9.17) is 9.47 Å². The molecule has 1 atom stereocenters. The summed E-state index contributed by atoms with van der Waals surface area (Å²) < 4.78 is 11.0. The van der Waals surface area contributed by atoms with Crippen molar-refractivity contribution >= 4 is 21.9 Å². The summed E-state index contributed by atoms with van der Waals surface area (Å²) in [7, 11) is 1.53. The summed E-state index contributed by atoms with van der Waals surface area (Å²) in [5, 5.41) is 0. The van der Waals surface area contributed by atoms with Gasteiger partial charge in [0.15, 0.2) is 0 Å². The predicted octanol–water partition coefficient (Wildman–Crippen LogP) is 3.82. The molecular weight excluding hydrogens is 370 g/mol. The van der Waals surface area contributed by atoms with Crippen LogP contribution in [0.15, 0.2) is 70.8 Å². The maximum Gasteiger partial charge on any atom is 0.349 e. The Morgan fingerprint density at radius 2 is 1.50 bits per heavy atom. The maximum absolute atomic E-state index is 11.9. The first-order chi connectivity index (χ1) is 11.7. The van der Waals surface area contributed by atoms with Crippen molar-refractivity contribution in [3.05, 3.63) is 82.0 Å². The Bertz CT molecular complexity index is 689. The third-order valence-corrected chi connectivity index (χ3v) is 4.56. The van der Waals surface area contributed by atoms with Gasteiger partial charge in [0.05, 0.1) is 0 Å². The Hall–Kier alpha value is -2.11. The lowest BCUT2D eigenvalue weighted by Gasteiger charge is -2.28. The fourth-order valence-electron chi connectivity index (χ4n) is 2.69. The zero-order valence-corrected chi connectivity index (χ0v) is 14.9. The van der Waals surface area contributed by atoms with Gasteiger partial charge in [0.25, 0.3) is 0 Å². The molecule has 5 heteroatoms. The number of esters is 1. The molecule has 0 amide bonds. The van der Waals surface area contributed by atoms with E-state index in [0.717, 1.165) is 16.8 Å². The van der Waals surface area contributed by atoms with Crippen molar-refractivity contribution in [2.45, 2.75) is 19.4 Å². The third kappa shape index (κ3) is 3.68. The average molecular weight is 388 g/mol. The minimum Gasteiger partial charge on any atom is -0.426 e. The molecule has 2 aromatic rings. The molecule has 0 aliphatic carbocycles. The van der Waals surface area contributed by atoms with Gasteiger partial charge in [-0.25, -0.2) is 4.79 Å². The summed E-state index contributed by atoms with van der Waals surface area (Å²) in [5.41, 5.74) is 3.01. The van der Waals surface area contributed by atoms with Crippen LogP contribution in [-0.2, 0) is 27.4 Å². The van der Waals surface area contributed by atoms with E-state index in [2.05, 4.69) is 45.1 Å². The number of cyclic esters (lactones) is 1. The number of ether oxygens (including phenoxy) is 2. The lowest BCUT2D eigenvalue weighted by Crippen LogP contribution is -2.29. The van der Waals surface area contributed by atoms with E-state index in [-0.39, 0.29) is 0 Å². The number of carbonyl (C=O) groups is 1. The van der Waals surface area contributed by atoms with E-state index in [1.807, 2.05) is 36.4 Å². The number of rotatable bonds is 6. The van der Waals surface area contributed by atoms with Crippen LogP contribution >= 0.6 is 15.9 Å². The Balaban J connectivity index is 1.93. The Labute approximate surface area is 149 Å². The molecule has 0 radical (unpaired) electrons. The van der Waals surface area contributed by atoms with Crippen LogP contribution in [0, 0.1) is 0 Å². The standard InChI is InChI=1S/C19H18BrNO3/c1-23-19-17(16(20)18(22)24-19)21(12-14-8-4-2-5-9-14)13-15-10-6-3-7-11-15/h2-11,19H,12-13H2,1H3. The molecule has 0 saturated carbocycles. The molecule has 24 heavy (non-hydrogen) atoms. The van der Waals surface area contributed by atoms with Crippen LogP contribution < -0.4 is 0 Å². The summed E-state index contributed by atoms with van der Waals surface area (Å²) >= 11 is 3.36. The molecule has 1 heterocycles. The minimum absolute atomic E-state index is 0.400. The number of halogens is 1. The average Bonchev–Trinajstić information content (AvgIpc) is 2.90. The molecule has 1 aliphatic heterocycles. The fourth-order valence-corrected chi connectivity index (χ4v) is 3.23. The molecule has 0 bridgehead atoms. The van der Waals surface area contributed by atoms with Gasteiger partial charge in [0.2, 0.25) is 6.29 Å². The second kappa shape index (κ2) is 7.64. The molecule has 0 saturated heterocycles. The highest BCUT2D eigenvalue weighted by Crippen LogP contribution is 2.32. The zero-order chi connectivity index (χ0) is 16.9. The highest BCUT2D eigenvalue weighted by Gasteiger charge is 2.36. The first-order valence-corrected chi connectivity index (χ1v) is 8.44. The van der Waals surface area contributed by atoms with Gasteiger partial charge in [-0.1, -0.05) is 60.7 Å². The number of hydrogen-bond acceptors (Lipinski definition) is 4. The van der Waals surface area contributed by atoms with Crippen LogP contribution in [0.1, 0.15) is 11.1 Å². The topological polar surface area (TPSA) is 38.8 Å². The molecule has 0 spiro atoms. The minimum atomic E-state index is -0.695. The summed E-state index contributed by atoms with van der Waals surface area (Å²) in [6, 6.07) is 20.2. The number of benzene rings is 2. The van der Waals surface area contributed by atoms with Gasteiger partial charge < -0.3 is 14.4 Å². The van der Waals surface area contributed by atoms with E-state index in [1.54, 1.807) is 0 Å². The van der Waals surface area contributed by atoms with Crippen molar-refractivity contribution < 1.29 is 14.3 Å². The molecule has 124 valence electrons. The largest absolute Gasteiger partial charge is 0.426 e. The van der Waals surface area contributed by atoms with Gasteiger partial charge in [-0.2, -0.15) is 0 Å². The van der Waals surface area contributed by atoms with Crippen LogP contribution in [0.4, 0.5) is 0 Å². The van der Waals surface area contributed by atoms with Gasteiger partial charge >= 0.3 is 5.97 Å². The molecule has 0 aromatic heterocycles. The molecule has 3 rings (SSSR count). The summed E-state index contributed by atoms with van der Waals surface area (Å²) in [6.45, 7) is 1.30. The second-order valence-electron chi connectivity index (χ2n) is 5.50. The molecule has 4 nitrogen and oxygen atoms in total. The van der Waals surface area contributed by atoms with Gasteiger partial charge in [-0.05, 0) is 27.1 Å². The quantitative estimate of drug-likeness (QED) is 0.706. The van der Waals surface area contributed by atoms with Crippen molar-refractivity contribution in [2.75, 3.05) is 7.11 Å². The maximum atomic E-state index is 11.9. The van der Waals surface area contributed by atoms with Gasteiger partial charge in [-0.15, -0.1) is 0 Å². The normalized spacial score (nSPS) is 17.1. The van der Waals surface area contributed by atoms with Crippen LogP contribution in [0.2, 0.25) is 0 Å². The highest BCUT2D eigenvalue weighted by molar-refractivity contribution is 9.12. The van der Waals surface area contributed by atoms with E-state index >= 15 is 0 Å². The molecule has 1 aliphatic rings. The summed E-state index contributed by atoms with van der Waals surface area (Å²) in [5.74, 6) is -0.400. The Morgan fingerprint density at radius 3 is 1.96 bits per heavy atom. The summed E-state index contributed by atoms with van der Waals surface area (Å²) in [4.78, 5) is 14.0. The lowest BCUT2D eigenvalue weighted by molar-refractivity contribution is -0.157. The number of hydrogen-bond donors (Lipinski definition) is 0. The van der Waals surface area contributed by atoms with E-state index < -0.39 is 12.3 Å². The number of carbonyl (C=O) groups excluding carboxylic acids is 1. The fraction of sp³-hybridized carbons (Fsp3) is 0.211. The van der Waals surface area contributed by atoms with Crippen LogP contribution in [0.25, 0.3) is 0 Å². The van der Waals surface area contributed by atoms with Crippen molar-refractivity contribution in [3.8, 4) is 0 Å².